The number of pyridine rings is 1. The van der Waals surface area contributed by atoms with Crippen molar-refractivity contribution in [1.82, 2.24) is 9.55 Å². The van der Waals surface area contributed by atoms with Gasteiger partial charge in [0.1, 0.15) is 0 Å². The predicted molar refractivity (Wildman–Crippen MR) is 98.9 cm³/mol. The minimum absolute atomic E-state index is 0. The number of nitrogens with zero attached hydrogens (tertiary/aromatic N) is 3. The van der Waals surface area contributed by atoms with Crippen molar-refractivity contribution in [1.29, 1.82) is 0 Å². The van der Waals surface area contributed by atoms with Gasteiger partial charge in [-0.15, -0.1) is 17.0 Å². The van der Waals surface area contributed by atoms with Crippen molar-refractivity contribution in [2.24, 2.45) is 0 Å². The third-order valence-electron chi connectivity index (χ3n) is 4.10. The number of hydrogen-bond acceptors (Lipinski definition) is 1. The van der Waals surface area contributed by atoms with Crippen LogP contribution in [0.15, 0.2) is 36.5 Å². The van der Waals surface area contributed by atoms with E-state index in [-0.39, 0.29) is 34.0 Å². The molecular formula is C18H25Br2N3. The number of fused-ring (bicyclic) bond motifs is 3. The van der Waals surface area contributed by atoms with E-state index in [1.807, 2.05) is 0 Å². The van der Waals surface area contributed by atoms with Gasteiger partial charge in [0, 0.05) is 35.8 Å². The van der Waals surface area contributed by atoms with Crippen LogP contribution in [0.25, 0.3) is 22.2 Å². The van der Waals surface area contributed by atoms with Gasteiger partial charge in [-0.2, -0.15) is 0 Å². The topological polar surface area (TPSA) is 17.8 Å². The van der Waals surface area contributed by atoms with E-state index < -0.39 is 0 Å². The summed E-state index contributed by atoms with van der Waals surface area (Å²) in [6, 6.07) is 10.6. The highest BCUT2D eigenvalue weighted by Crippen LogP contribution is 2.32. The molecule has 0 atom stereocenters. The van der Waals surface area contributed by atoms with Gasteiger partial charge in [0.2, 0.25) is 0 Å². The Morgan fingerprint density at radius 1 is 1.09 bits per heavy atom. The second kappa shape index (κ2) is 7.77. The van der Waals surface area contributed by atoms with Crippen molar-refractivity contribution in [3.63, 3.8) is 0 Å². The maximum absolute atomic E-state index is 4.81. The standard InChI is InChI=1S/C18H24N3.2BrH/c1-14-18-16(15-8-5-6-9-17(15)19-18)10-12-20(14)11-7-13-21(2,3)4;;/h5-6,8-10,12H,7,11,13H2,1-4H3;2*1H/q+1;;/p-1. The maximum Gasteiger partial charge on any atom is 0.0908 e. The summed E-state index contributed by atoms with van der Waals surface area (Å²) in [7, 11) is 6.73. The van der Waals surface area contributed by atoms with E-state index in [4.69, 9.17) is 4.98 Å². The summed E-state index contributed by atoms with van der Waals surface area (Å²) in [6.07, 6.45) is 3.39. The Morgan fingerprint density at radius 3 is 2.48 bits per heavy atom. The van der Waals surface area contributed by atoms with E-state index in [0.29, 0.717) is 0 Å². The first-order chi connectivity index (χ1) is 9.96. The smallest absolute Gasteiger partial charge is 0.0908 e. The first kappa shape index (κ1) is 20.1. The minimum Gasteiger partial charge on any atom is -1.00 e. The molecule has 0 amide bonds. The third-order valence-corrected chi connectivity index (χ3v) is 4.10. The summed E-state index contributed by atoms with van der Waals surface area (Å²) in [5.74, 6) is 0. The van der Waals surface area contributed by atoms with E-state index >= 15 is 0 Å². The molecule has 3 nitrogen and oxygen atoms in total. The molecule has 23 heavy (non-hydrogen) atoms. The number of para-hydroxylation sites is 1. The molecule has 0 N–H and O–H groups in total. The fraction of sp³-hybridized carbons (Fsp3) is 0.389. The lowest BCUT2D eigenvalue weighted by Crippen LogP contribution is -3.00. The molecule has 2 heterocycles. The molecule has 1 aromatic rings. The Morgan fingerprint density at radius 2 is 1.78 bits per heavy atom. The van der Waals surface area contributed by atoms with Crippen LogP contribution in [0.4, 0.5) is 0 Å². The normalized spacial score (nSPS) is 11.3. The first-order valence-corrected chi connectivity index (χ1v) is 7.60. The Kier molecular flexibility index (Phi) is 6.81. The average Bonchev–Trinajstić information content (AvgIpc) is 2.80. The highest BCUT2D eigenvalue weighted by atomic mass is 79.9. The molecule has 0 unspecified atom stereocenters. The minimum atomic E-state index is 0. The van der Waals surface area contributed by atoms with Gasteiger partial charge in [-0.1, -0.05) is 18.2 Å². The molecule has 0 saturated heterocycles. The SMILES string of the molecule is Br.Cc1c2nc3ccccc3c-2ccn1CCC[N+](C)(C)C.[Br-]. The summed E-state index contributed by atoms with van der Waals surface area (Å²) >= 11 is 0. The van der Waals surface area contributed by atoms with Gasteiger partial charge >= 0.3 is 0 Å². The zero-order chi connectivity index (χ0) is 15.0. The van der Waals surface area contributed by atoms with Crippen molar-refractivity contribution in [3.05, 3.63) is 42.2 Å². The third kappa shape index (κ3) is 4.34. The highest BCUT2D eigenvalue weighted by Gasteiger charge is 2.15. The van der Waals surface area contributed by atoms with Crippen LogP contribution in [0.5, 0.6) is 0 Å². The van der Waals surface area contributed by atoms with E-state index in [1.165, 1.54) is 29.6 Å². The van der Waals surface area contributed by atoms with Crippen LogP contribution in [0, 0.1) is 6.92 Å². The van der Waals surface area contributed by atoms with Crippen molar-refractivity contribution < 1.29 is 21.5 Å². The molecule has 0 fully saturated rings. The molecule has 1 aromatic carbocycles. The molecule has 0 radical (unpaired) electrons. The molecule has 0 bridgehead atoms. The largest absolute Gasteiger partial charge is 1.00 e. The van der Waals surface area contributed by atoms with Crippen LogP contribution in [0.1, 0.15) is 12.1 Å². The van der Waals surface area contributed by atoms with Gasteiger partial charge in [-0.3, -0.25) is 0 Å². The quantitative estimate of drug-likeness (QED) is 0.554. The van der Waals surface area contributed by atoms with Crippen molar-refractivity contribution in [2.75, 3.05) is 27.7 Å². The summed E-state index contributed by atoms with van der Waals surface area (Å²) < 4.78 is 3.35. The van der Waals surface area contributed by atoms with Crippen LogP contribution in [0.3, 0.4) is 0 Å². The first-order valence-electron chi connectivity index (χ1n) is 7.60. The number of aryl methyl sites for hydroxylation is 1. The fourth-order valence-electron chi connectivity index (χ4n) is 2.92. The van der Waals surface area contributed by atoms with Gasteiger partial charge in [0.15, 0.2) is 0 Å². The molecule has 2 aliphatic heterocycles. The second-order valence-electron chi connectivity index (χ2n) is 6.85. The summed E-state index contributed by atoms with van der Waals surface area (Å²) in [5.41, 5.74) is 4.78. The molecule has 126 valence electrons. The molecular weight excluding hydrogens is 418 g/mol. The summed E-state index contributed by atoms with van der Waals surface area (Å²) in [5, 5.41) is 1.26. The number of rotatable bonds is 4. The van der Waals surface area contributed by atoms with Gasteiger partial charge in [0.25, 0.3) is 0 Å². The number of benzene rings is 1. The van der Waals surface area contributed by atoms with Gasteiger partial charge in [-0.25, -0.2) is 4.98 Å². The fourth-order valence-corrected chi connectivity index (χ4v) is 2.92. The lowest BCUT2D eigenvalue weighted by atomic mass is 10.1. The summed E-state index contributed by atoms with van der Waals surface area (Å²) in [6.45, 7) is 4.42. The number of aromatic nitrogens is 2. The number of hydrogen-bond donors (Lipinski definition) is 0. The van der Waals surface area contributed by atoms with Crippen molar-refractivity contribution >= 4 is 27.9 Å². The Hall–Kier alpha value is -0.910. The molecule has 0 spiro atoms. The van der Waals surface area contributed by atoms with E-state index in [0.717, 1.165) is 22.2 Å². The van der Waals surface area contributed by atoms with Crippen LogP contribution in [-0.4, -0.2) is 41.7 Å². The second-order valence-corrected chi connectivity index (χ2v) is 6.85. The predicted octanol–water partition coefficient (Wildman–Crippen LogP) is 1.13. The Balaban J connectivity index is 0.00000132. The zero-order valence-corrected chi connectivity index (χ0v) is 17.5. The van der Waals surface area contributed by atoms with Crippen LogP contribution < -0.4 is 17.0 Å². The van der Waals surface area contributed by atoms with Gasteiger partial charge < -0.3 is 26.0 Å². The van der Waals surface area contributed by atoms with Gasteiger partial charge in [-0.05, 0) is 19.1 Å². The summed E-state index contributed by atoms with van der Waals surface area (Å²) in [4.78, 5) is 4.81. The molecule has 5 heteroatoms. The average molecular weight is 443 g/mol. The lowest BCUT2D eigenvalue weighted by Gasteiger charge is -2.24. The highest BCUT2D eigenvalue weighted by molar-refractivity contribution is 8.93. The van der Waals surface area contributed by atoms with Crippen LogP contribution in [-0.2, 0) is 6.54 Å². The Labute approximate surface area is 159 Å². The van der Waals surface area contributed by atoms with Crippen molar-refractivity contribution in [3.8, 4) is 11.3 Å². The lowest BCUT2D eigenvalue weighted by molar-refractivity contribution is -0.870. The van der Waals surface area contributed by atoms with E-state index in [1.54, 1.807) is 0 Å². The maximum atomic E-state index is 4.81. The van der Waals surface area contributed by atoms with Crippen LogP contribution >= 0.6 is 17.0 Å². The van der Waals surface area contributed by atoms with Gasteiger partial charge in [0.05, 0.1) is 38.9 Å². The van der Waals surface area contributed by atoms with E-state index in [2.05, 4.69) is 69.2 Å². The monoisotopic (exact) mass is 441 g/mol. The molecule has 0 aliphatic carbocycles. The molecule has 3 rings (SSSR count). The van der Waals surface area contributed by atoms with E-state index in [9.17, 15) is 0 Å². The molecule has 2 aliphatic rings. The molecule has 0 aromatic heterocycles. The van der Waals surface area contributed by atoms with Crippen molar-refractivity contribution in [2.45, 2.75) is 19.9 Å². The van der Waals surface area contributed by atoms with Crippen LogP contribution in [0.2, 0.25) is 0 Å². The Bertz CT molecular complexity index is 744. The zero-order valence-electron chi connectivity index (χ0n) is 14.2. The number of halogens is 2. The number of quaternary nitrogens is 1. The molecule has 0 saturated carbocycles.